The first-order valence-electron chi connectivity index (χ1n) is 41.3. The molecule has 9 heteroatoms. The van der Waals surface area contributed by atoms with Gasteiger partial charge in [-0.05, 0) is 128 Å². The van der Waals surface area contributed by atoms with Crippen molar-refractivity contribution in [1.29, 1.82) is 0 Å². The van der Waals surface area contributed by atoms with Gasteiger partial charge in [0.2, 0.25) is 0 Å². The quantitative estimate of drug-likeness (QED) is 0.0195. The van der Waals surface area contributed by atoms with Gasteiger partial charge in [0, 0.05) is 12.8 Å². The summed E-state index contributed by atoms with van der Waals surface area (Å²) >= 11 is 0. The van der Waals surface area contributed by atoms with Gasteiger partial charge in [0.25, 0.3) is 0 Å². The zero-order chi connectivity index (χ0) is 73.2. The molecule has 2 atom stereocenters. The van der Waals surface area contributed by atoms with Crippen LogP contribution in [0, 0.1) is 0 Å². The molecule has 9 nitrogen and oxygen atoms in total. The molecule has 0 aromatic carbocycles. The molecule has 0 aliphatic rings. The van der Waals surface area contributed by atoms with E-state index in [1.54, 1.807) is 0 Å². The summed E-state index contributed by atoms with van der Waals surface area (Å²) in [6.07, 6.45) is 118. The van der Waals surface area contributed by atoms with Crippen molar-refractivity contribution in [3.63, 3.8) is 0 Å². The normalized spacial score (nSPS) is 13.6. The first-order chi connectivity index (χ1) is 49.6. The molecular weight excluding hydrogens is 1250 g/mol. The van der Waals surface area contributed by atoms with E-state index in [4.69, 9.17) is 18.9 Å². The summed E-state index contributed by atoms with van der Waals surface area (Å²) in [4.78, 5) is 37.6. The second-order valence-corrected chi connectivity index (χ2v) is 28.3. The van der Waals surface area contributed by atoms with Gasteiger partial charge in [0.05, 0.1) is 40.3 Å². The minimum atomic E-state index is -1.63. The van der Waals surface area contributed by atoms with Crippen molar-refractivity contribution in [3.05, 3.63) is 170 Å². The lowest BCUT2D eigenvalue weighted by molar-refractivity contribution is -0.870. The summed E-state index contributed by atoms with van der Waals surface area (Å²) in [5.74, 6) is -2.29. The van der Waals surface area contributed by atoms with Crippen LogP contribution in [-0.4, -0.2) is 82.3 Å². The molecule has 0 aromatic heterocycles. The largest absolute Gasteiger partial charge is 0.545 e. The molecular formula is C92H153NO8. The summed E-state index contributed by atoms with van der Waals surface area (Å²) in [6.45, 7) is 4.54. The minimum Gasteiger partial charge on any atom is -0.545 e. The number of carbonyl (C=O) groups is 3. The van der Waals surface area contributed by atoms with Crippen molar-refractivity contribution < 1.29 is 42.9 Å². The third-order valence-corrected chi connectivity index (χ3v) is 17.5. The van der Waals surface area contributed by atoms with E-state index in [0.717, 1.165) is 135 Å². The lowest BCUT2D eigenvalue weighted by atomic mass is 10.0. The number of esters is 2. The standard InChI is InChI=1S/C92H153NO8/c1-6-8-10-12-14-16-18-20-22-24-26-28-30-32-34-36-38-40-42-43-44-45-46-47-49-51-53-55-57-59-61-63-65-67-69-71-73-75-77-79-81-83-90(95)101-88(87-100-92(91(96)97)98-85-84-93(3,4)5)86-99-89(94)82-80-78-76-74-72-70-68-66-64-62-60-58-56-54-52-50-48-41-39-37-35-33-31-29-27-25-23-21-19-17-15-13-11-9-7-2/h8-11,14-17,20-23,26-29,32,34,38,40,43-44,46-47,51,53,57,59,88,92H,6-7,12-13,18-19,24-25,30-31,33,35-37,39,41-42,45,48-50,52,54-56,58,60-87H2,1-5H3/b10-8-,11-9-,16-14-,17-15-,22-20-,23-21-,28-26-,29-27-,34-32-,40-38-,44-43-,47-46-,53-51-,59-57-. The summed E-state index contributed by atoms with van der Waals surface area (Å²) in [7, 11) is 5.93. The van der Waals surface area contributed by atoms with E-state index in [-0.39, 0.29) is 38.6 Å². The highest BCUT2D eigenvalue weighted by Gasteiger charge is 2.22. The average molecular weight is 1400 g/mol. The van der Waals surface area contributed by atoms with Crippen molar-refractivity contribution in [3.8, 4) is 0 Å². The molecule has 2 unspecified atom stereocenters. The molecule has 0 aromatic rings. The maximum absolute atomic E-state index is 13.0. The smallest absolute Gasteiger partial charge is 0.306 e. The van der Waals surface area contributed by atoms with E-state index in [9.17, 15) is 19.5 Å². The summed E-state index contributed by atoms with van der Waals surface area (Å²) < 4.78 is 22.9. The Morgan fingerprint density at radius 2 is 0.535 bits per heavy atom. The number of nitrogens with zero attached hydrogens (tertiary/aromatic N) is 1. The van der Waals surface area contributed by atoms with Crippen molar-refractivity contribution in [2.24, 2.45) is 0 Å². The number of unbranched alkanes of at least 4 members (excludes halogenated alkanes) is 32. The molecule has 0 saturated carbocycles. The number of carboxylic acids is 1. The zero-order valence-corrected chi connectivity index (χ0v) is 65.7. The van der Waals surface area contributed by atoms with E-state index >= 15 is 0 Å². The van der Waals surface area contributed by atoms with Crippen LogP contribution in [0.15, 0.2) is 170 Å². The number of hydrogen-bond donors (Lipinski definition) is 0. The number of carboxylic acid groups (broad SMARTS) is 1. The molecule has 0 radical (unpaired) electrons. The molecule has 0 rings (SSSR count). The van der Waals surface area contributed by atoms with Crippen LogP contribution >= 0.6 is 0 Å². The molecule has 101 heavy (non-hydrogen) atoms. The van der Waals surface area contributed by atoms with Gasteiger partial charge in [-0.25, -0.2) is 0 Å². The number of rotatable bonds is 75. The number of ether oxygens (including phenoxy) is 4. The predicted molar refractivity (Wildman–Crippen MR) is 435 cm³/mol. The van der Waals surface area contributed by atoms with E-state index in [2.05, 4.69) is 184 Å². The van der Waals surface area contributed by atoms with Crippen LogP contribution in [0.5, 0.6) is 0 Å². The second-order valence-electron chi connectivity index (χ2n) is 28.3. The third-order valence-electron chi connectivity index (χ3n) is 17.5. The van der Waals surface area contributed by atoms with Crippen LogP contribution in [0.1, 0.15) is 335 Å². The molecule has 0 bridgehead atoms. The topological polar surface area (TPSA) is 111 Å². The lowest BCUT2D eigenvalue weighted by Crippen LogP contribution is -2.44. The fraction of sp³-hybridized carbons (Fsp3) is 0.663. The number of allylic oxidation sites excluding steroid dienone is 28. The van der Waals surface area contributed by atoms with E-state index in [1.165, 1.54) is 167 Å². The highest BCUT2D eigenvalue weighted by atomic mass is 16.7. The zero-order valence-electron chi connectivity index (χ0n) is 65.7. The van der Waals surface area contributed by atoms with Gasteiger partial charge in [-0.3, -0.25) is 9.59 Å². The molecule has 0 saturated heterocycles. The van der Waals surface area contributed by atoms with Crippen LogP contribution in [-0.2, 0) is 33.3 Å². The maximum Gasteiger partial charge on any atom is 0.306 e. The van der Waals surface area contributed by atoms with Crippen LogP contribution < -0.4 is 5.11 Å². The molecule has 0 heterocycles. The first-order valence-corrected chi connectivity index (χ1v) is 41.3. The van der Waals surface area contributed by atoms with E-state index in [1.807, 2.05) is 21.1 Å². The fourth-order valence-electron chi connectivity index (χ4n) is 11.3. The third kappa shape index (κ3) is 81.8. The summed E-state index contributed by atoms with van der Waals surface area (Å²) in [5.41, 5.74) is 0. The average Bonchev–Trinajstić information content (AvgIpc) is 1.21. The highest BCUT2D eigenvalue weighted by Crippen LogP contribution is 2.18. The Balaban J connectivity index is 4.06. The van der Waals surface area contributed by atoms with Crippen molar-refractivity contribution in [1.82, 2.24) is 0 Å². The molecule has 0 spiro atoms. The lowest BCUT2D eigenvalue weighted by Gasteiger charge is -2.26. The molecule has 0 aliphatic heterocycles. The Kier molecular flexibility index (Phi) is 76.1. The fourth-order valence-corrected chi connectivity index (χ4v) is 11.3. The molecule has 0 fully saturated rings. The summed E-state index contributed by atoms with van der Waals surface area (Å²) in [6, 6.07) is 0. The Bertz CT molecular complexity index is 2280. The van der Waals surface area contributed by atoms with Crippen LogP contribution in [0.25, 0.3) is 0 Å². The monoisotopic (exact) mass is 1400 g/mol. The Morgan fingerprint density at radius 3 is 0.792 bits per heavy atom. The van der Waals surface area contributed by atoms with Gasteiger partial charge in [0.1, 0.15) is 13.2 Å². The Morgan fingerprint density at radius 1 is 0.297 bits per heavy atom. The number of quaternary nitrogens is 1. The van der Waals surface area contributed by atoms with Gasteiger partial charge < -0.3 is 33.3 Å². The molecule has 574 valence electrons. The van der Waals surface area contributed by atoms with Crippen LogP contribution in [0.2, 0.25) is 0 Å². The van der Waals surface area contributed by atoms with Crippen molar-refractivity contribution >= 4 is 17.9 Å². The summed E-state index contributed by atoms with van der Waals surface area (Å²) in [5, 5.41) is 11.9. The van der Waals surface area contributed by atoms with Crippen LogP contribution in [0.4, 0.5) is 0 Å². The number of likely N-dealkylation sites (N-methyl/N-ethyl adjacent to an activating group) is 1. The second kappa shape index (κ2) is 80.3. The Hall–Kier alpha value is -5.35. The van der Waals surface area contributed by atoms with E-state index in [0.29, 0.717) is 17.4 Å². The maximum atomic E-state index is 13.0. The van der Waals surface area contributed by atoms with Gasteiger partial charge in [-0.15, -0.1) is 0 Å². The molecule has 0 N–H and O–H groups in total. The van der Waals surface area contributed by atoms with Crippen molar-refractivity contribution in [2.75, 3.05) is 47.5 Å². The van der Waals surface area contributed by atoms with E-state index < -0.39 is 24.3 Å². The predicted octanol–water partition coefficient (Wildman–Crippen LogP) is 25.6. The van der Waals surface area contributed by atoms with Crippen LogP contribution in [0.3, 0.4) is 0 Å². The Labute approximate surface area is 622 Å². The SMILES string of the molecule is CC/C=C\C/C=C\C/C=C\C/C=C\C/C=C\C/C=C\C/C=C\C/C=C\C/C=C\C/C=C\CCCCCCCCCCCCC(=O)OC(COC(=O)CCCCCCCCCCCCCCCCCCCCCCCC/C=C\C/C=C\C/C=C\C/C=C\CC)COC(OCC[N+](C)(C)C)C(=O)[O-]. The first kappa shape index (κ1) is 95.6. The van der Waals surface area contributed by atoms with Gasteiger partial charge in [-0.1, -0.05) is 364 Å². The molecule has 0 amide bonds. The highest BCUT2D eigenvalue weighted by molar-refractivity contribution is 5.70. The minimum absolute atomic E-state index is 0.141. The molecule has 0 aliphatic carbocycles. The number of aliphatic carboxylic acids is 1. The van der Waals surface area contributed by atoms with Gasteiger partial charge in [-0.2, -0.15) is 0 Å². The van der Waals surface area contributed by atoms with Gasteiger partial charge in [0.15, 0.2) is 12.4 Å². The number of carbonyl (C=O) groups excluding carboxylic acids is 3. The van der Waals surface area contributed by atoms with Gasteiger partial charge >= 0.3 is 11.9 Å². The van der Waals surface area contributed by atoms with Crippen molar-refractivity contribution in [2.45, 2.75) is 347 Å². The number of hydrogen-bond acceptors (Lipinski definition) is 8.